The smallest absolute Gasteiger partial charge is 0.317 e. The number of hydrazone groups is 1. The number of benzene rings is 2. The summed E-state index contributed by atoms with van der Waals surface area (Å²) >= 11 is 2.27. The third kappa shape index (κ3) is 27.6. The van der Waals surface area contributed by atoms with Gasteiger partial charge in [-0.3, -0.25) is 68.4 Å². The van der Waals surface area contributed by atoms with Crippen molar-refractivity contribution in [1.82, 2.24) is 55.8 Å². The van der Waals surface area contributed by atoms with Crippen molar-refractivity contribution in [3.63, 3.8) is 0 Å². The van der Waals surface area contributed by atoms with Crippen LogP contribution in [0, 0.1) is 20.8 Å². The van der Waals surface area contributed by atoms with Crippen LogP contribution >= 0.6 is 22.6 Å². The van der Waals surface area contributed by atoms with Crippen molar-refractivity contribution in [3.05, 3.63) is 69.4 Å². The van der Waals surface area contributed by atoms with Crippen LogP contribution in [-0.2, 0) is 49.5 Å². The summed E-state index contributed by atoms with van der Waals surface area (Å²) in [6, 6.07) is 16.3. The number of aromatic nitrogens is 1. The van der Waals surface area contributed by atoms with E-state index in [0.29, 0.717) is 145 Å². The summed E-state index contributed by atoms with van der Waals surface area (Å²) in [5, 5.41) is 32.9. The van der Waals surface area contributed by atoms with Crippen molar-refractivity contribution in [2.24, 2.45) is 11.0 Å². The first-order chi connectivity index (χ1) is 44.5. The molecule has 92 heavy (non-hydrogen) atoms. The maximum Gasteiger partial charge on any atom is 0.317 e. The number of nitrogens with one attached hydrogen (secondary N) is 4. The number of ether oxygens (including phenoxy) is 3. The molecule has 1 aromatic heterocycles. The average Bonchev–Trinajstić information content (AvgIpc) is 2.41. The minimum atomic E-state index is -1.66. The number of pyridine rings is 1. The zero-order valence-electron chi connectivity index (χ0n) is 53.1. The minimum absolute atomic E-state index is 0.000773. The number of carboxylic acid groups (broad SMARTS) is 1. The topological polar surface area (TPSA) is 301 Å². The number of alkyl halides is 1. The summed E-state index contributed by atoms with van der Waals surface area (Å²) in [6.45, 7) is 7.03. The summed E-state index contributed by atoms with van der Waals surface area (Å²) in [7, 11) is 0. The van der Waals surface area contributed by atoms with Crippen molar-refractivity contribution in [3.8, 4) is 11.8 Å². The number of aliphatic carboxylic acids is 1. The highest BCUT2D eigenvalue weighted by atomic mass is 127. The molecule has 3 fully saturated rings. The maximum absolute atomic E-state index is 14.6. The summed E-state index contributed by atoms with van der Waals surface area (Å²) in [5.74, 6) is -1.03. The van der Waals surface area contributed by atoms with Crippen molar-refractivity contribution in [2.75, 3.05) is 118 Å². The average molecular weight is 1390 g/mol. The number of carbonyl (C=O) groups excluding carboxylic acids is 7. The molecule has 6 rings (SSSR count). The second-order valence-electron chi connectivity index (χ2n) is 24.1. The molecule has 27 heteroatoms. The lowest BCUT2D eigenvalue weighted by atomic mass is 9.92. The molecule has 3 aliphatic rings. The van der Waals surface area contributed by atoms with E-state index in [9.17, 15) is 53.1 Å². The van der Waals surface area contributed by atoms with Gasteiger partial charge in [-0.15, -0.1) is 0 Å². The Kier molecular flexibility index (Phi) is 32.7. The van der Waals surface area contributed by atoms with Gasteiger partial charge in [0.05, 0.1) is 49.9 Å². The van der Waals surface area contributed by atoms with Crippen molar-refractivity contribution in [2.45, 2.75) is 134 Å². The first kappa shape index (κ1) is 73.9. The largest absolute Gasteiger partial charge is 0.494 e. The lowest BCUT2D eigenvalue weighted by molar-refractivity contribution is -0.139. The molecule has 0 spiro atoms. The molecule has 0 aliphatic carbocycles. The van der Waals surface area contributed by atoms with E-state index in [2.05, 4.69) is 78.3 Å². The number of carboxylic acids is 1. The number of unbranched alkanes of at least 4 members (excludes halogenated alkanes) is 5. The Morgan fingerprint density at radius 1 is 0.793 bits per heavy atom. The van der Waals surface area contributed by atoms with E-state index in [1.807, 2.05) is 25.7 Å². The first-order valence-electron chi connectivity index (χ1n) is 32.3. The van der Waals surface area contributed by atoms with E-state index in [1.165, 1.54) is 27.2 Å². The van der Waals surface area contributed by atoms with Crippen LogP contribution in [0.25, 0.3) is 10.9 Å². The fourth-order valence-electron chi connectivity index (χ4n) is 11.6. The quantitative estimate of drug-likeness (QED) is 0.0126. The normalized spacial score (nSPS) is 18.7. The third-order valence-corrected chi connectivity index (χ3v) is 17.5. The van der Waals surface area contributed by atoms with Crippen molar-refractivity contribution < 1.29 is 62.1 Å². The first-order valence-corrected chi connectivity index (χ1v) is 33.3. The molecule has 2 aromatic carbocycles. The Bertz CT molecular complexity index is 2900. The number of carbonyl (C=O) groups is 8. The van der Waals surface area contributed by atoms with E-state index >= 15 is 0 Å². The van der Waals surface area contributed by atoms with Gasteiger partial charge in [0.25, 0.3) is 18.9 Å². The molecule has 3 aromatic rings. The van der Waals surface area contributed by atoms with Crippen LogP contribution in [0.15, 0.2) is 59.8 Å². The van der Waals surface area contributed by atoms with Crippen LogP contribution in [0.3, 0.4) is 0 Å². The highest BCUT2D eigenvalue weighted by Gasteiger charge is 2.43. The number of hydrogen-bond acceptors (Lipinski definition) is 19. The minimum Gasteiger partial charge on any atom is -0.494 e. The number of hydrogen-bond donors (Lipinski definition) is 5. The number of nitrogens with zero attached hydrogens (tertiary/aromatic N) is 9. The number of aryl methyl sites for hydroxylation is 1. The monoisotopic (exact) mass is 1390 g/mol. The predicted octanol–water partition coefficient (Wildman–Crippen LogP) is 5.05. The number of nitriles is 1. The van der Waals surface area contributed by atoms with Crippen LogP contribution in [-0.4, -0.2) is 230 Å². The Labute approximate surface area is 552 Å². The molecule has 1 unspecified atom stereocenters. The van der Waals surface area contributed by atoms with Crippen LogP contribution in [0.2, 0.25) is 0 Å². The van der Waals surface area contributed by atoms with Crippen LogP contribution < -0.4 is 26.1 Å². The maximum atomic E-state index is 14.6. The Morgan fingerprint density at radius 3 is 2.14 bits per heavy atom. The van der Waals surface area contributed by atoms with Crippen molar-refractivity contribution in [1.29, 1.82) is 5.26 Å². The predicted molar refractivity (Wildman–Crippen MR) is 351 cm³/mol. The lowest BCUT2D eigenvalue weighted by Crippen LogP contribution is -2.51. The van der Waals surface area contributed by atoms with Gasteiger partial charge in [-0.1, -0.05) is 25.0 Å². The molecule has 3 aliphatic heterocycles. The van der Waals surface area contributed by atoms with Gasteiger partial charge in [-0.2, -0.15) is 10.4 Å². The highest BCUT2D eigenvalue weighted by molar-refractivity contribution is 14.1. The fourth-order valence-corrected chi connectivity index (χ4v) is 11.9. The van der Waals surface area contributed by atoms with Gasteiger partial charge in [-0.05, 0) is 154 Å². The van der Waals surface area contributed by atoms with E-state index < -0.39 is 35.7 Å². The van der Waals surface area contributed by atoms with Crippen molar-refractivity contribution >= 4 is 88.2 Å². The summed E-state index contributed by atoms with van der Waals surface area (Å²) in [4.78, 5) is 115. The Balaban J connectivity index is 0.890. The van der Waals surface area contributed by atoms with E-state index in [0.717, 1.165) is 77.3 Å². The molecule has 0 bridgehead atoms. The third-order valence-electron chi connectivity index (χ3n) is 16.8. The SMILES string of the molecule is CC1(F)C[C@H](C#N)N(C(=O)CNC(=O)c2ccnc3ccc(OCCCC4CCN(C(=O)CCCCCCC=NN[C@H](CCCCNC(=O)CCCc5ccc(I)cc5)NC(=O)CN5CCN(COC=O)CCN(COC=O)CCN(CC(=O)O)CC5)CC4)cc23)C1. The fraction of sp³-hybridized carbons (Fsp3) is 0.615. The van der Waals surface area contributed by atoms with E-state index in [-0.39, 0.29) is 63.8 Å². The van der Waals surface area contributed by atoms with Gasteiger partial charge in [-0.25, -0.2) is 4.39 Å². The van der Waals surface area contributed by atoms with E-state index in [4.69, 9.17) is 14.2 Å². The van der Waals surface area contributed by atoms with Gasteiger partial charge in [0, 0.05) is 113 Å². The number of amides is 5. The zero-order valence-corrected chi connectivity index (χ0v) is 55.3. The summed E-state index contributed by atoms with van der Waals surface area (Å²) < 4.78 is 32.0. The van der Waals surface area contributed by atoms with E-state index in [1.54, 1.807) is 35.4 Å². The standard InChI is InChI=1S/C65H93FIN13O12/c1-65(66)40-53(41-68)80(45-65)62(86)42-71-64(89)55-22-27-69-57-21-20-54(39-56(55)57)92-38-10-12-51-23-28-79(29-24-51)61(85)15-5-3-2-4-7-26-72-74-58(13-6-8-25-70-59(83)14-9-11-50-16-18-52(67)19-17-50)73-60(84)43-75-30-31-76(44-63(87)88)33-35-78(47-91-49-82)37-36-77(34-32-75)46-90-48-81/h16-22,26-27,39,48-49,51,53,58,74H,2-15,23-25,28-38,40,42-47H2,1H3,(H,70,83)(H,71,89)(H,73,84)(H,87,88)/t53-,58-,65?/m1/s1. The molecule has 3 saturated heterocycles. The molecule has 5 N–H and O–H groups in total. The Hall–Kier alpha value is -7.13. The highest BCUT2D eigenvalue weighted by Crippen LogP contribution is 2.30. The lowest BCUT2D eigenvalue weighted by Gasteiger charge is -2.33. The molecule has 3 atom stereocenters. The van der Waals surface area contributed by atoms with Crippen LogP contribution in [0.1, 0.15) is 126 Å². The molecule has 0 radical (unpaired) electrons. The molecule has 4 heterocycles. The molecule has 504 valence electrons. The zero-order chi connectivity index (χ0) is 65.9. The number of fused-ring (bicyclic) bond motifs is 1. The number of halogens is 2. The van der Waals surface area contributed by atoms with Gasteiger partial charge in [0.2, 0.25) is 23.6 Å². The molecule has 25 nitrogen and oxygen atoms in total. The van der Waals surface area contributed by atoms with Crippen LogP contribution in [0.4, 0.5) is 4.39 Å². The van der Waals surface area contributed by atoms with Gasteiger partial charge in [0.15, 0.2) is 0 Å². The van der Waals surface area contributed by atoms with Gasteiger partial charge in [0.1, 0.15) is 37.1 Å². The second kappa shape index (κ2) is 40.8. The number of piperidine rings is 1. The Morgan fingerprint density at radius 2 is 1.47 bits per heavy atom. The molecule has 5 amide bonds. The van der Waals surface area contributed by atoms with Gasteiger partial charge < -0.3 is 45.1 Å². The molecular weight excluding hydrogens is 1300 g/mol. The number of likely N-dealkylation sites (tertiary alicyclic amines) is 2. The van der Waals surface area contributed by atoms with Gasteiger partial charge >= 0.3 is 5.97 Å². The summed E-state index contributed by atoms with van der Waals surface area (Å²) in [5.41, 5.74) is 3.57. The number of rotatable bonds is 37. The summed E-state index contributed by atoms with van der Waals surface area (Å²) in [6.07, 6.45) is 15.0. The molecular formula is C65H93FIN13O12. The second-order valence-corrected chi connectivity index (χ2v) is 25.4. The van der Waals surface area contributed by atoms with Crippen LogP contribution in [0.5, 0.6) is 5.75 Å². The molecule has 0 saturated carbocycles.